The van der Waals surface area contributed by atoms with Crippen LogP contribution in [0.1, 0.15) is 5.56 Å². The van der Waals surface area contributed by atoms with E-state index in [-0.39, 0.29) is 30.3 Å². The number of hydrogen-bond acceptors (Lipinski definition) is 9. The third-order valence-electron chi connectivity index (χ3n) is 4.84. The Morgan fingerprint density at radius 2 is 1.65 bits per heavy atom. The number of alkyl carbamates (subject to hydrolysis) is 1. The van der Waals surface area contributed by atoms with E-state index in [2.05, 4.69) is 18.5 Å². The molecule has 2 aromatic carbocycles. The largest absolute Gasteiger partial charge is 0.497 e. The molecule has 12 nitrogen and oxygen atoms in total. The lowest BCUT2D eigenvalue weighted by Gasteiger charge is -2.26. The number of rotatable bonds is 14. The predicted molar refractivity (Wildman–Crippen MR) is 133 cm³/mol. The second-order valence-corrected chi connectivity index (χ2v) is 9.34. The van der Waals surface area contributed by atoms with Crippen LogP contribution in [0.4, 0.5) is 10.5 Å². The minimum atomic E-state index is -4.32. The molecular weight excluding hydrogens is 506 g/mol. The van der Waals surface area contributed by atoms with Crippen molar-refractivity contribution < 1.29 is 37.1 Å². The molecule has 0 unspecified atom stereocenters. The SMILES string of the molecule is C=CCOC(=O)N[C@@H](CN(Cc1ccc(OC)cc1)S(=O)(=O)c1ccc([N+](=O)[O-])cc1)C(=O)OCC=C. The standard InChI is InChI=1S/C24H27N3O9S/c1-4-14-35-23(28)22(25-24(29)36-15-5-2)17-26(16-18-6-10-20(34-3)11-7-18)37(32,33)21-12-8-19(9-13-21)27(30)31/h4-13,22H,1-2,14-17H2,3H3,(H,25,29)/t22-/m0/s1. The van der Waals surface area contributed by atoms with Crippen molar-refractivity contribution in [2.75, 3.05) is 26.9 Å². The van der Waals surface area contributed by atoms with Crippen LogP contribution in [0.2, 0.25) is 0 Å². The van der Waals surface area contributed by atoms with Gasteiger partial charge in [-0.2, -0.15) is 4.31 Å². The Morgan fingerprint density at radius 3 is 2.19 bits per heavy atom. The van der Waals surface area contributed by atoms with Crippen LogP contribution in [0, 0.1) is 10.1 Å². The summed E-state index contributed by atoms with van der Waals surface area (Å²) in [5, 5.41) is 13.3. The predicted octanol–water partition coefficient (Wildman–Crippen LogP) is 2.80. The average Bonchev–Trinajstić information content (AvgIpc) is 2.89. The zero-order valence-electron chi connectivity index (χ0n) is 20.1. The van der Waals surface area contributed by atoms with Crippen LogP contribution in [-0.4, -0.2) is 62.6 Å². The molecule has 0 bridgehead atoms. The van der Waals surface area contributed by atoms with Gasteiger partial charge in [0.25, 0.3) is 5.69 Å². The maximum absolute atomic E-state index is 13.6. The molecule has 198 valence electrons. The Hall–Kier alpha value is -4.23. The lowest BCUT2D eigenvalue weighted by Crippen LogP contribution is -2.50. The second-order valence-electron chi connectivity index (χ2n) is 7.40. The lowest BCUT2D eigenvalue weighted by atomic mass is 10.2. The van der Waals surface area contributed by atoms with Crippen LogP contribution in [0.15, 0.2) is 78.7 Å². The van der Waals surface area contributed by atoms with Crippen LogP contribution < -0.4 is 10.1 Å². The maximum Gasteiger partial charge on any atom is 0.408 e. The number of sulfonamides is 1. The third-order valence-corrected chi connectivity index (χ3v) is 6.67. The highest BCUT2D eigenvalue weighted by atomic mass is 32.2. The van der Waals surface area contributed by atoms with Gasteiger partial charge in [-0.05, 0) is 29.8 Å². The molecule has 0 spiro atoms. The van der Waals surface area contributed by atoms with Crippen molar-refractivity contribution in [3.63, 3.8) is 0 Å². The van der Waals surface area contributed by atoms with Crippen molar-refractivity contribution in [1.82, 2.24) is 9.62 Å². The van der Waals surface area contributed by atoms with Crippen molar-refractivity contribution in [3.05, 3.63) is 89.5 Å². The number of nitrogens with one attached hydrogen (secondary N) is 1. The number of ether oxygens (including phenoxy) is 3. The van der Waals surface area contributed by atoms with Gasteiger partial charge in [-0.3, -0.25) is 10.1 Å². The normalized spacial score (nSPS) is 11.7. The minimum absolute atomic E-state index is 0.142. The number of non-ortho nitro benzene ring substituents is 1. The molecule has 2 aromatic rings. The number of amides is 1. The number of nitrogens with zero attached hydrogens (tertiary/aromatic N) is 2. The number of esters is 1. The fraction of sp³-hybridized carbons (Fsp3) is 0.250. The average molecular weight is 534 g/mol. The van der Waals surface area contributed by atoms with Crippen LogP contribution in [-0.2, 0) is 30.8 Å². The van der Waals surface area contributed by atoms with E-state index in [4.69, 9.17) is 14.2 Å². The van der Waals surface area contributed by atoms with Gasteiger partial charge >= 0.3 is 12.1 Å². The van der Waals surface area contributed by atoms with Crippen molar-refractivity contribution in [2.24, 2.45) is 0 Å². The molecule has 0 fully saturated rings. The van der Waals surface area contributed by atoms with E-state index in [0.717, 1.165) is 28.6 Å². The van der Waals surface area contributed by atoms with Gasteiger partial charge in [0.1, 0.15) is 25.0 Å². The van der Waals surface area contributed by atoms with Crippen LogP contribution >= 0.6 is 0 Å². The van der Waals surface area contributed by atoms with E-state index >= 15 is 0 Å². The first-order chi connectivity index (χ1) is 17.6. The molecule has 0 aromatic heterocycles. The molecule has 0 heterocycles. The first-order valence-corrected chi connectivity index (χ1v) is 12.3. The summed E-state index contributed by atoms with van der Waals surface area (Å²) >= 11 is 0. The fourth-order valence-electron chi connectivity index (χ4n) is 3.01. The lowest BCUT2D eigenvalue weighted by molar-refractivity contribution is -0.384. The molecule has 1 atom stereocenters. The van der Waals surface area contributed by atoms with E-state index < -0.39 is 39.6 Å². The summed E-state index contributed by atoms with van der Waals surface area (Å²) in [6.45, 7) is 5.83. The summed E-state index contributed by atoms with van der Waals surface area (Å²) < 4.78 is 43.1. The van der Waals surface area contributed by atoms with Gasteiger partial charge in [0.15, 0.2) is 0 Å². The third kappa shape index (κ3) is 8.44. The highest BCUT2D eigenvalue weighted by Gasteiger charge is 2.33. The van der Waals surface area contributed by atoms with Crippen LogP contribution in [0.25, 0.3) is 0 Å². The number of methoxy groups -OCH3 is 1. The van der Waals surface area contributed by atoms with Gasteiger partial charge in [-0.1, -0.05) is 37.4 Å². The first kappa shape index (κ1) is 29.0. The molecule has 13 heteroatoms. The van der Waals surface area contributed by atoms with Crippen LogP contribution in [0.5, 0.6) is 5.75 Å². The van der Waals surface area contributed by atoms with E-state index in [1.165, 1.54) is 19.3 Å². The molecule has 1 amide bonds. The monoisotopic (exact) mass is 533 g/mol. The highest BCUT2D eigenvalue weighted by Crippen LogP contribution is 2.23. The molecule has 0 radical (unpaired) electrons. The summed E-state index contributed by atoms with van der Waals surface area (Å²) in [5.41, 5.74) is 0.247. The minimum Gasteiger partial charge on any atom is -0.497 e. The molecular formula is C24H27N3O9S. The second kappa shape index (κ2) is 13.8. The number of carbonyl (C=O) groups excluding carboxylic acids is 2. The zero-order valence-corrected chi connectivity index (χ0v) is 20.9. The summed E-state index contributed by atoms with van der Waals surface area (Å²) in [7, 11) is -2.83. The van der Waals surface area contributed by atoms with Gasteiger partial charge < -0.3 is 19.5 Å². The maximum atomic E-state index is 13.6. The number of benzene rings is 2. The molecule has 0 aliphatic carbocycles. The fourth-order valence-corrected chi connectivity index (χ4v) is 4.46. The number of carbonyl (C=O) groups is 2. The number of nitro groups is 1. The van der Waals surface area contributed by atoms with Gasteiger partial charge in [0.05, 0.1) is 16.9 Å². The Balaban J connectivity index is 2.45. The number of nitro benzene ring substituents is 1. The summed E-state index contributed by atoms with van der Waals surface area (Å²) in [6, 6.07) is 9.36. The Bertz CT molecular complexity index is 1210. The van der Waals surface area contributed by atoms with Crippen molar-refractivity contribution in [3.8, 4) is 5.75 Å². The van der Waals surface area contributed by atoms with Gasteiger partial charge in [-0.15, -0.1) is 0 Å². The zero-order chi connectivity index (χ0) is 27.4. The van der Waals surface area contributed by atoms with E-state index in [1.54, 1.807) is 24.3 Å². The molecule has 0 aliphatic rings. The topological polar surface area (TPSA) is 154 Å². The molecule has 0 saturated carbocycles. The van der Waals surface area contributed by atoms with Crippen molar-refractivity contribution in [1.29, 1.82) is 0 Å². The van der Waals surface area contributed by atoms with Crippen molar-refractivity contribution in [2.45, 2.75) is 17.5 Å². The van der Waals surface area contributed by atoms with Gasteiger partial charge in [-0.25, -0.2) is 18.0 Å². The highest BCUT2D eigenvalue weighted by molar-refractivity contribution is 7.89. The summed E-state index contributed by atoms with van der Waals surface area (Å²) in [5.74, 6) is -0.375. The van der Waals surface area contributed by atoms with Crippen molar-refractivity contribution >= 4 is 27.8 Å². The molecule has 2 rings (SSSR count). The van der Waals surface area contributed by atoms with E-state index in [0.29, 0.717) is 11.3 Å². The molecule has 1 N–H and O–H groups in total. The molecule has 0 aliphatic heterocycles. The first-order valence-electron chi connectivity index (χ1n) is 10.8. The Kier molecular flexibility index (Phi) is 10.8. The van der Waals surface area contributed by atoms with E-state index in [1.807, 2.05) is 0 Å². The summed E-state index contributed by atoms with van der Waals surface area (Å²) in [4.78, 5) is 34.9. The molecule has 37 heavy (non-hydrogen) atoms. The Labute approximate surface area is 214 Å². The van der Waals surface area contributed by atoms with E-state index in [9.17, 15) is 28.1 Å². The summed E-state index contributed by atoms with van der Waals surface area (Å²) in [6.07, 6.45) is 1.64. The van der Waals surface area contributed by atoms with Gasteiger partial charge in [0.2, 0.25) is 10.0 Å². The number of hydrogen-bond donors (Lipinski definition) is 1. The van der Waals surface area contributed by atoms with Gasteiger partial charge in [0, 0.05) is 25.2 Å². The Morgan fingerprint density at radius 1 is 1.05 bits per heavy atom. The smallest absolute Gasteiger partial charge is 0.408 e. The quantitative estimate of drug-likeness (QED) is 0.167. The van der Waals surface area contributed by atoms with Crippen LogP contribution in [0.3, 0.4) is 0 Å². The molecule has 0 saturated heterocycles.